The van der Waals surface area contributed by atoms with Crippen LogP contribution in [0.1, 0.15) is 32.3 Å². The van der Waals surface area contributed by atoms with Crippen LogP contribution in [0.3, 0.4) is 0 Å². The van der Waals surface area contributed by atoms with Crippen molar-refractivity contribution in [1.82, 2.24) is 4.98 Å². The summed E-state index contributed by atoms with van der Waals surface area (Å²) in [5.41, 5.74) is 1.51. The van der Waals surface area contributed by atoms with Gasteiger partial charge in [0, 0.05) is 17.5 Å². The first-order valence-electron chi connectivity index (χ1n) is 7.09. The van der Waals surface area contributed by atoms with E-state index in [0.29, 0.717) is 28.6 Å². The van der Waals surface area contributed by atoms with E-state index in [1.54, 1.807) is 38.2 Å². The van der Waals surface area contributed by atoms with Crippen LogP contribution < -0.4 is 5.32 Å². The van der Waals surface area contributed by atoms with Crippen molar-refractivity contribution >= 4 is 22.4 Å². The quantitative estimate of drug-likeness (QED) is 0.774. The fraction of sp³-hybridized carbons (Fsp3) is 0.176. The van der Waals surface area contributed by atoms with Gasteiger partial charge in [0.1, 0.15) is 17.3 Å². The van der Waals surface area contributed by atoms with Gasteiger partial charge in [0.25, 0.3) is 5.91 Å². The van der Waals surface area contributed by atoms with Crippen molar-refractivity contribution in [3.63, 3.8) is 0 Å². The third-order valence-electron chi connectivity index (χ3n) is 3.35. The standard InChI is InChI=1S/C17H15FN2O2S/c1-10-7-15(11(2)22-10)16(21)20-17-19-9-14(23-17)8-12-3-5-13(18)6-4-12/h3-7,9H,8H2,1-2H3,(H,19,20,21). The van der Waals surface area contributed by atoms with Gasteiger partial charge in [-0.15, -0.1) is 11.3 Å². The summed E-state index contributed by atoms with van der Waals surface area (Å²) in [7, 11) is 0. The molecule has 1 aromatic carbocycles. The molecular weight excluding hydrogens is 315 g/mol. The second kappa shape index (κ2) is 6.34. The number of halogens is 1. The Labute approximate surface area is 137 Å². The maximum Gasteiger partial charge on any atom is 0.260 e. The maximum absolute atomic E-state index is 12.9. The fourth-order valence-electron chi connectivity index (χ4n) is 2.27. The Morgan fingerprint density at radius 3 is 2.70 bits per heavy atom. The molecule has 118 valence electrons. The number of anilines is 1. The molecule has 0 aliphatic carbocycles. The van der Waals surface area contributed by atoms with Crippen LogP contribution in [0.15, 0.2) is 40.9 Å². The van der Waals surface area contributed by atoms with Crippen molar-refractivity contribution in [2.24, 2.45) is 0 Å². The van der Waals surface area contributed by atoms with Gasteiger partial charge in [-0.3, -0.25) is 10.1 Å². The zero-order chi connectivity index (χ0) is 16.4. The summed E-state index contributed by atoms with van der Waals surface area (Å²) in [5.74, 6) is 0.797. The number of furan rings is 1. The third-order valence-corrected chi connectivity index (χ3v) is 4.26. The molecule has 6 heteroatoms. The second-order valence-electron chi connectivity index (χ2n) is 5.22. The van der Waals surface area contributed by atoms with E-state index in [1.165, 1.54) is 23.5 Å². The summed E-state index contributed by atoms with van der Waals surface area (Å²) in [4.78, 5) is 17.4. The number of amides is 1. The average Bonchev–Trinajstić information content (AvgIpc) is 3.07. The molecule has 4 nitrogen and oxygen atoms in total. The lowest BCUT2D eigenvalue weighted by Gasteiger charge is -1.99. The smallest absolute Gasteiger partial charge is 0.260 e. The summed E-state index contributed by atoms with van der Waals surface area (Å²) >= 11 is 1.40. The molecule has 3 aromatic rings. The molecule has 2 aromatic heterocycles. The number of rotatable bonds is 4. The minimum absolute atomic E-state index is 0.234. The van der Waals surface area contributed by atoms with E-state index in [9.17, 15) is 9.18 Å². The first-order chi connectivity index (χ1) is 11.0. The zero-order valence-electron chi connectivity index (χ0n) is 12.7. The van der Waals surface area contributed by atoms with Crippen LogP contribution in [-0.4, -0.2) is 10.9 Å². The first kappa shape index (κ1) is 15.4. The molecule has 0 aliphatic rings. The Morgan fingerprint density at radius 1 is 1.30 bits per heavy atom. The topological polar surface area (TPSA) is 55.1 Å². The molecule has 3 rings (SSSR count). The van der Waals surface area contributed by atoms with Crippen LogP contribution in [0.2, 0.25) is 0 Å². The van der Waals surface area contributed by atoms with Gasteiger partial charge in [0.05, 0.1) is 5.56 Å². The van der Waals surface area contributed by atoms with Crippen LogP contribution in [0.25, 0.3) is 0 Å². The van der Waals surface area contributed by atoms with Crippen molar-refractivity contribution in [1.29, 1.82) is 0 Å². The monoisotopic (exact) mass is 330 g/mol. The number of aromatic nitrogens is 1. The van der Waals surface area contributed by atoms with Crippen LogP contribution >= 0.6 is 11.3 Å². The summed E-state index contributed by atoms with van der Waals surface area (Å²) in [6.45, 7) is 3.55. The highest BCUT2D eigenvalue weighted by atomic mass is 32.1. The molecule has 0 saturated heterocycles. The van der Waals surface area contributed by atoms with Crippen LogP contribution in [-0.2, 0) is 6.42 Å². The molecule has 0 fully saturated rings. The van der Waals surface area contributed by atoms with Gasteiger partial charge in [0.15, 0.2) is 5.13 Å². The van der Waals surface area contributed by atoms with Crippen molar-refractivity contribution < 1.29 is 13.6 Å². The molecule has 0 saturated carbocycles. The number of thiazole rings is 1. The second-order valence-corrected chi connectivity index (χ2v) is 6.33. The maximum atomic E-state index is 12.9. The van der Waals surface area contributed by atoms with Gasteiger partial charge in [-0.25, -0.2) is 9.37 Å². The van der Waals surface area contributed by atoms with E-state index < -0.39 is 0 Å². The van der Waals surface area contributed by atoms with Crippen molar-refractivity contribution in [2.75, 3.05) is 5.32 Å². The number of benzene rings is 1. The molecule has 0 atom stereocenters. The molecular formula is C17H15FN2O2S. The minimum Gasteiger partial charge on any atom is -0.466 e. The van der Waals surface area contributed by atoms with E-state index in [4.69, 9.17) is 4.42 Å². The van der Waals surface area contributed by atoms with Gasteiger partial charge in [-0.2, -0.15) is 0 Å². The SMILES string of the molecule is Cc1cc(C(=O)Nc2ncc(Cc3ccc(F)cc3)s2)c(C)o1. The lowest BCUT2D eigenvalue weighted by molar-refractivity contribution is 0.102. The number of aryl methyl sites for hydroxylation is 2. The Hall–Kier alpha value is -2.47. The van der Waals surface area contributed by atoms with Gasteiger partial charge < -0.3 is 4.42 Å². The Bertz CT molecular complexity index is 837. The number of nitrogens with zero attached hydrogens (tertiary/aromatic N) is 1. The molecule has 0 bridgehead atoms. The molecule has 0 radical (unpaired) electrons. The lowest BCUT2D eigenvalue weighted by Crippen LogP contribution is -2.11. The van der Waals surface area contributed by atoms with Gasteiger partial charge in [-0.05, 0) is 37.6 Å². The highest BCUT2D eigenvalue weighted by Crippen LogP contribution is 2.23. The average molecular weight is 330 g/mol. The van der Waals surface area contributed by atoms with Crippen LogP contribution in [0, 0.1) is 19.7 Å². The van der Waals surface area contributed by atoms with Gasteiger partial charge in [-0.1, -0.05) is 12.1 Å². The van der Waals surface area contributed by atoms with E-state index in [0.717, 1.165) is 10.4 Å². The Kier molecular flexibility index (Phi) is 4.25. The first-order valence-corrected chi connectivity index (χ1v) is 7.90. The van der Waals surface area contributed by atoms with Gasteiger partial charge >= 0.3 is 0 Å². The summed E-state index contributed by atoms with van der Waals surface area (Å²) in [5, 5.41) is 3.31. The summed E-state index contributed by atoms with van der Waals surface area (Å²) in [6, 6.07) is 8.06. The molecule has 1 amide bonds. The molecule has 2 heterocycles. The highest BCUT2D eigenvalue weighted by molar-refractivity contribution is 7.15. The van der Waals surface area contributed by atoms with Crippen molar-refractivity contribution in [3.8, 4) is 0 Å². The molecule has 0 unspecified atom stereocenters. The van der Waals surface area contributed by atoms with Crippen molar-refractivity contribution in [3.05, 3.63) is 69.9 Å². The predicted molar refractivity (Wildman–Crippen MR) is 87.5 cm³/mol. The number of nitrogens with one attached hydrogen (secondary N) is 1. The van der Waals surface area contributed by atoms with E-state index in [-0.39, 0.29) is 11.7 Å². The van der Waals surface area contributed by atoms with Crippen LogP contribution in [0.4, 0.5) is 9.52 Å². The van der Waals surface area contributed by atoms with E-state index in [1.807, 2.05) is 0 Å². The Morgan fingerprint density at radius 2 is 2.04 bits per heavy atom. The van der Waals surface area contributed by atoms with Crippen molar-refractivity contribution in [2.45, 2.75) is 20.3 Å². The van der Waals surface area contributed by atoms with Crippen LogP contribution in [0.5, 0.6) is 0 Å². The number of hydrogen-bond acceptors (Lipinski definition) is 4. The Balaban J connectivity index is 1.68. The zero-order valence-corrected chi connectivity index (χ0v) is 13.5. The number of carbonyl (C=O) groups excluding carboxylic acids is 1. The lowest BCUT2D eigenvalue weighted by atomic mass is 10.1. The summed E-state index contributed by atoms with van der Waals surface area (Å²) in [6.07, 6.45) is 2.37. The predicted octanol–water partition coefficient (Wildman–Crippen LogP) is 4.34. The van der Waals surface area contributed by atoms with Gasteiger partial charge in [0.2, 0.25) is 0 Å². The largest absolute Gasteiger partial charge is 0.466 e. The number of carbonyl (C=O) groups is 1. The normalized spacial score (nSPS) is 10.7. The molecule has 23 heavy (non-hydrogen) atoms. The highest BCUT2D eigenvalue weighted by Gasteiger charge is 2.15. The van der Waals surface area contributed by atoms with E-state index >= 15 is 0 Å². The number of hydrogen-bond donors (Lipinski definition) is 1. The molecule has 1 N–H and O–H groups in total. The fourth-order valence-corrected chi connectivity index (χ4v) is 3.11. The molecule has 0 spiro atoms. The summed E-state index contributed by atoms with van der Waals surface area (Å²) < 4.78 is 18.3. The van der Waals surface area contributed by atoms with E-state index in [2.05, 4.69) is 10.3 Å². The third kappa shape index (κ3) is 3.65. The minimum atomic E-state index is -0.253. The molecule has 0 aliphatic heterocycles.